The van der Waals surface area contributed by atoms with Crippen molar-refractivity contribution in [2.75, 3.05) is 13.1 Å². The highest BCUT2D eigenvalue weighted by molar-refractivity contribution is 6.13. The number of nitriles is 1. The zero-order chi connectivity index (χ0) is 21.4. The van der Waals surface area contributed by atoms with E-state index in [0.717, 1.165) is 12.0 Å². The lowest BCUT2D eigenvalue weighted by Gasteiger charge is -2.34. The summed E-state index contributed by atoms with van der Waals surface area (Å²) in [6.07, 6.45) is 4.15. The maximum Gasteiger partial charge on any atom is 0.198 e. The molecule has 0 spiro atoms. The van der Waals surface area contributed by atoms with Crippen molar-refractivity contribution in [3.8, 4) is 17.2 Å². The van der Waals surface area contributed by atoms with Gasteiger partial charge in [0, 0.05) is 36.6 Å². The number of rotatable bonds is 3. The van der Waals surface area contributed by atoms with E-state index in [-0.39, 0.29) is 0 Å². The van der Waals surface area contributed by atoms with Crippen LogP contribution >= 0.6 is 0 Å². The Morgan fingerprint density at radius 2 is 1.84 bits per heavy atom. The highest BCUT2D eigenvalue weighted by Gasteiger charge is 2.51. The van der Waals surface area contributed by atoms with Gasteiger partial charge in [0.05, 0.1) is 11.6 Å². The minimum atomic E-state index is -1.24. The summed E-state index contributed by atoms with van der Waals surface area (Å²) in [4.78, 5) is 15.7. The van der Waals surface area contributed by atoms with Gasteiger partial charge in [-0.1, -0.05) is 30.3 Å². The lowest BCUT2D eigenvalue weighted by Crippen LogP contribution is -2.47. The van der Waals surface area contributed by atoms with E-state index in [4.69, 9.17) is 15.7 Å². The van der Waals surface area contributed by atoms with Gasteiger partial charge in [0.25, 0.3) is 0 Å². The van der Waals surface area contributed by atoms with Crippen LogP contribution in [-0.2, 0) is 5.54 Å². The van der Waals surface area contributed by atoms with Gasteiger partial charge in [0.2, 0.25) is 0 Å². The molecule has 6 nitrogen and oxygen atoms in total. The third-order valence-corrected chi connectivity index (χ3v) is 5.74. The van der Waals surface area contributed by atoms with Crippen LogP contribution in [0, 0.1) is 17.1 Å². The summed E-state index contributed by atoms with van der Waals surface area (Å²) in [5, 5.41) is 10.0. The van der Waals surface area contributed by atoms with Crippen molar-refractivity contribution in [1.29, 1.82) is 5.26 Å². The monoisotopic (exact) mass is 410 g/mol. The van der Waals surface area contributed by atoms with E-state index in [0.29, 0.717) is 47.1 Å². The molecule has 0 saturated heterocycles. The molecule has 0 radical (unpaired) electrons. The van der Waals surface area contributed by atoms with Gasteiger partial charge in [-0.15, -0.1) is 0 Å². The van der Waals surface area contributed by atoms with Gasteiger partial charge in [-0.05, 0) is 41.8 Å². The lowest BCUT2D eigenvalue weighted by molar-refractivity contribution is 0.530. The molecule has 2 N–H and O–H groups in total. The first-order valence-corrected chi connectivity index (χ1v) is 10.0. The predicted molar refractivity (Wildman–Crippen MR) is 117 cm³/mol. The van der Waals surface area contributed by atoms with Gasteiger partial charge < -0.3 is 5.73 Å². The number of benzene rings is 2. The molecule has 31 heavy (non-hydrogen) atoms. The third kappa shape index (κ3) is 2.80. The summed E-state index contributed by atoms with van der Waals surface area (Å²) in [7, 11) is 0. The molecule has 3 aromatic rings. The van der Waals surface area contributed by atoms with Crippen LogP contribution in [0.2, 0.25) is 0 Å². The standard InChI is InChI=1S/C24H19FN6/c25-19-8-7-17(15-26)21(20(19)16-5-2-1-3-6-16)24(18-9-12-28-13-10-18)22-29-11-4-14-31(22)23(27)30-24/h1-3,5-10,12-13H,4,11,14H2,(H2,27,30). The van der Waals surface area contributed by atoms with E-state index >= 15 is 4.39 Å². The Bertz CT molecular complexity index is 1250. The minimum Gasteiger partial charge on any atom is -0.369 e. The van der Waals surface area contributed by atoms with E-state index in [1.54, 1.807) is 12.4 Å². The van der Waals surface area contributed by atoms with Crippen LogP contribution in [0.3, 0.4) is 0 Å². The van der Waals surface area contributed by atoms with Crippen molar-refractivity contribution >= 4 is 11.8 Å². The Labute approximate surface area is 179 Å². The average Bonchev–Trinajstić information content (AvgIpc) is 3.13. The Kier molecular flexibility index (Phi) is 4.48. The van der Waals surface area contributed by atoms with Gasteiger partial charge in [-0.3, -0.25) is 14.9 Å². The van der Waals surface area contributed by atoms with E-state index in [9.17, 15) is 5.26 Å². The van der Waals surface area contributed by atoms with Gasteiger partial charge in [0.1, 0.15) is 11.7 Å². The quantitative estimate of drug-likeness (QED) is 0.716. The van der Waals surface area contributed by atoms with Crippen molar-refractivity contribution < 1.29 is 4.39 Å². The molecule has 0 amide bonds. The number of nitrogens with zero attached hydrogens (tertiary/aromatic N) is 5. The first-order chi connectivity index (χ1) is 15.2. The molecule has 3 heterocycles. The molecule has 1 aromatic heterocycles. The normalized spacial score (nSPS) is 19.9. The SMILES string of the molecule is N#Cc1ccc(F)c(-c2ccccc2)c1C1(c2ccncc2)N=C(N)N2CCCN=C21. The molecular formula is C24H19FN6. The van der Waals surface area contributed by atoms with E-state index in [1.165, 1.54) is 12.1 Å². The molecule has 0 aliphatic carbocycles. The van der Waals surface area contributed by atoms with Gasteiger partial charge in [0.15, 0.2) is 11.5 Å². The number of aliphatic imine (C=N–C) groups is 2. The fraction of sp³-hybridized carbons (Fsp3) is 0.167. The smallest absolute Gasteiger partial charge is 0.198 e. The number of halogens is 1. The number of fused-ring (bicyclic) bond motifs is 1. The first kappa shape index (κ1) is 18.9. The predicted octanol–water partition coefficient (Wildman–Crippen LogP) is 3.44. The number of amidine groups is 1. The van der Waals surface area contributed by atoms with Crippen LogP contribution in [-0.4, -0.2) is 34.8 Å². The molecule has 1 atom stereocenters. The fourth-order valence-electron chi connectivity index (χ4n) is 4.45. The molecule has 152 valence electrons. The van der Waals surface area contributed by atoms with Crippen molar-refractivity contribution in [2.45, 2.75) is 12.0 Å². The Balaban J connectivity index is 1.94. The second-order valence-corrected chi connectivity index (χ2v) is 7.45. The summed E-state index contributed by atoms with van der Waals surface area (Å²) in [6, 6.07) is 17.9. The zero-order valence-electron chi connectivity index (χ0n) is 16.7. The maximum absolute atomic E-state index is 15.5. The van der Waals surface area contributed by atoms with Crippen LogP contribution in [0.5, 0.6) is 0 Å². The van der Waals surface area contributed by atoms with Crippen molar-refractivity contribution in [2.24, 2.45) is 15.7 Å². The topological polar surface area (TPSA) is 90.7 Å². The molecule has 7 heteroatoms. The van der Waals surface area contributed by atoms with Crippen molar-refractivity contribution in [1.82, 2.24) is 9.88 Å². The van der Waals surface area contributed by atoms with Crippen LogP contribution in [0.4, 0.5) is 4.39 Å². The molecule has 0 fully saturated rings. The zero-order valence-corrected chi connectivity index (χ0v) is 16.7. The van der Waals surface area contributed by atoms with Gasteiger partial charge in [-0.25, -0.2) is 9.38 Å². The lowest BCUT2D eigenvalue weighted by atomic mass is 9.76. The molecular weight excluding hydrogens is 391 g/mol. The second-order valence-electron chi connectivity index (χ2n) is 7.45. The summed E-state index contributed by atoms with van der Waals surface area (Å²) in [6.45, 7) is 1.28. The van der Waals surface area contributed by atoms with Crippen LogP contribution < -0.4 is 5.73 Å². The van der Waals surface area contributed by atoms with Crippen LogP contribution in [0.1, 0.15) is 23.1 Å². The van der Waals surface area contributed by atoms with Crippen LogP contribution in [0.15, 0.2) is 77.0 Å². The summed E-state index contributed by atoms with van der Waals surface area (Å²) < 4.78 is 15.5. The Morgan fingerprint density at radius 3 is 2.58 bits per heavy atom. The maximum atomic E-state index is 15.5. The highest BCUT2D eigenvalue weighted by Crippen LogP contribution is 2.47. The molecule has 0 bridgehead atoms. The summed E-state index contributed by atoms with van der Waals surface area (Å²) >= 11 is 0. The fourth-order valence-corrected chi connectivity index (χ4v) is 4.45. The number of pyridine rings is 1. The average molecular weight is 410 g/mol. The van der Waals surface area contributed by atoms with Crippen molar-refractivity contribution in [3.05, 3.63) is 89.5 Å². The molecule has 2 aliphatic heterocycles. The van der Waals surface area contributed by atoms with Gasteiger partial charge in [-0.2, -0.15) is 5.26 Å². The second kappa shape index (κ2) is 7.33. The van der Waals surface area contributed by atoms with Gasteiger partial charge >= 0.3 is 0 Å². The molecule has 0 saturated carbocycles. The number of guanidine groups is 1. The number of hydrogen-bond acceptors (Lipinski definition) is 6. The minimum absolute atomic E-state index is 0.308. The molecule has 2 aliphatic rings. The number of hydrogen-bond donors (Lipinski definition) is 1. The summed E-state index contributed by atoms with van der Waals surface area (Å²) in [5.41, 5.74) is 7.59. The summed E-state index contributed by atoms with van der Waals surface area (Å²) in [5.74, 6) is 0.487. The number of nitrogens with two attached hydrogens (primary N) is 1. The third-order valence-electron chi connectivity index (χ3n) is 5.74. The van der Waals surface area contributed by atoms with E-state index in [2.05, 4.69) is 11.1 Å². The first-order valence-electron chi connectivity index (χ1n) is 10.0. The van der Waals surface area contributed by atoms with E-state index in [1.807, 2.05) is 47.4 Å². The number of aromatic nitrogens is 1. The van der Waals surface area contributed by atoms with Crippen molar-refractivity contribution in [3.63, 3.8) is 0 Å². The molecule has 2 aromatic carbocycles. The van der Waals surface area contributed by atoms with E-state index < -0.39 is 11.4 Å². The van der Waals surface area contributed by atoms with Crippen LogP contribution in [0.25, 0.3) is 11.1 Å². The molecule has 5 rings (SSSR count). The molecule has 1 unspecified atom stereocenters. The highest BCUT2D eigenvalue weighted by atomic mass is 19.1. The Hall–Kier alpha value is -4.05. The Morgan fingerprint density at radius 1 is 1.06 bits per heavy atom. The largest absolute Gasteiger partial charge is 0.369 e.